The fourth-order valence-electron chi connectivity index (χ4n) is 9.79. The highest BCUT2D eigenvalue weighted by molar-refractivity contribution is 6.06. The van der Waals surface area contributed by atoms with E-state index in [2.05, 4.69) is 70.8 Å². The third-order valence-electron chi connectivity index (χ3n) is 14.7. The van der Waals surface area contributed by atoms with Gasteiger partial charge in [0.25, 0.3) is 11.8 Å². The molecule has 3 heterocycles. The summed E-state index contributed by atoms with van der Waals surface area (Å²) >= 11 is 0. The van der Waals surface area contributed by atoms with Crippen LogP contribution in [0.4, 0.5) is 23.3 Å². The van der Waals surface area contributed by atoms with Crippen LogP contribution < -0.4 is 35.5 Å². The average molecular weight is 1130 g/mol. The lowest BCUT2D eigenvalue weighted by Crippen LogP contribution is -2.21. The van der Waals surface area contributed by atoms with Crippen LogP contribution in [0.5, 0.6) is 17.2 Å². The largest absolute Gasteiger partial charge is 0.493 e. The summed E-state index contributed by atoms with van der Waals surface area (Å²) in [6.07, 6.45) is 43.8. The maximum Gasteiger partial charge on any atom is 0.275 e. The zero-order chi connectivity index (χ0) is 58.2. The van der Waals surface area contributed by atoms with E-state index in [1.807, 2.05) is 0 Å². The molecular formula is C67H111N7O7. The first-order valence-corrected chi connectivity index (χ1v) is 32.8. The van der Waals surface area contributed by atoms with Gasteiger partial charge in [-0.15, -0.1) is 0 Å². The highest BCUT2D eigenvalue weighted by Gasteiger charge is 2.20. The van der Waals surface area contributed by atoms with Crippen LogP contribution in [0.1, 0.15) is 312 Å². The van der Waals surface area contributed by atoms with Crippen LogP contribution in [0.2, 0.25) is 0 Å². The fourth-order valence-corrected chi connectivity index (χ4v) is 9.79. The third kappa shape index (κ3) is 35.4. The Kier molecular flexibility index (Phi) is 40.8. The highest BCUT2D eigenvalue weighted by atomic mass is 16.5. The molecule has 0 unspecified atom stereocenters. The number of rotatable bonds is 52. The number of pyridine rings is 3. The van der Waals surface area contributed by atoms with Crippen molar-refractivity contribution in [1.29, 1.82) is 0 Å². The minimum atomic E-state index is -0.630. The van der Waals surface area contributed by atoms with Crippen LogP contribution in [-0.4, -0.2) is 58.4 Å². The SMILES string of the molecule is CCCCCCCCCCOc1cc(NC(=O)CCCCCCCCC)nc(NC(=O)c2cc(OCCCCCCCCCC)cc(C(=O)Nc3cc(OCCCCCCCCCC)cc(NC(=O)CCCCCCCCC)n3)n2)c1. The Bertz CT molecular complexity index is 2000. The average Bonchev–Trinajstić information content (AvgIpc) is 3.48. The highest BCUT2D eigenvalue weighted by Crippen LogP contribution is 2.26. The van der Waals surface area contributed by atoms with Crippen molar-refractivity contribution in [2.45, 2.75) is 291 Å². The van der Waals surface area contributed by atoms with Gasteiger partial charge in [0.2, 0.25) is 11.8 Å². The van der Waals surface area contributed by atoms with Gasteiger partial charge in [0.15, 0.2) is 0 Å². The minimum absolute atomic E-state index is 0.0705. The summed E-state index contributed by atoms with van der Waals surface area (Å²) in [5, 5.41) is 11.6. The van der Waals surface area contributed by atoms with E-state index in [1.54, 1.807) is 24.3 Å². The third-order valence-corrected chi connectivity index (χ3v) is 14.7. The van der Waals surface area contributed by atoms with Crippen LogP contribution in [-0.2, 0) is 9.59 Å². The van der Waals surface area contributed by atoms with Gasteiger partial charge < -0.3 is 35.5 Å². The molecule has 0 aromatic carbocycles. The number of anilines is 4. The lowest BCUT2D eigenvalue weighted by Gasteiger charge is -2.14. The summed E-state index contributed by atoms with van der Waals surface area (Å²) in [6.45, 7) is 12.4. The number of carbonyl (C=O) groups excluding carboxylic acids is 4. The molecule has 0 aliphatic carbocycles. The van der Waals surface area contributed by atoms with Gasteiger partial charge in [-0.3, -0.25) is 19.2 Å². The second-order valence-corrected chi connectivity index (χ2v) is 22.4. The number of unbranched alkanes of at least 4 members (excludes halogenated alkanes) is 33. The van der Waals surface area contributed by atoms with E-state index in [-0.39, 0.29) is 46.5 Å². The molecule has 14 nitrogen and oxygen atoms in total. The zero-order valence-corrected chi connectivity index (χ0v) is 51.6. The molecule has 0 aliphatic heterocycles. The molecule has 3 aromatic heterocycles. The summed E-state index contributed by atoms with van der Waals surface area (Å²) in [4.78, 5) is 69.0. The van der Waals surface area contributed by atoms with Gasteiger partial charge in [-0.2, -0.15) is 0 Å². The topological polar surface area (TPSA) is 183 Å². The zero-order valence-electron chi connectivity index (χ0n) is 51.6. The molecule has 4 amide bonds. The number of carbonyl (C=O) groups is 4. The van der Waals surface area contributed by atoms with Crippen molar-refractivity contribution in [2.24, 2.45) is 0 Å². The lowest BCUT2D eigenvalue weighted by molar-refractivity contribution is -0.117. The molecule has 0 atom stereocenters. The van der Waals surface area contributed by atoms with Gasteiger partial charge in [0.05, 0.1) is 19.8 Å². The van der Waals surface area contributed by atoms with Crippen LogP contribution in [0.3, 0.4) is 0 Å². The van der Waals surface area contributed by atoms with Crippen LogP contribution in [0.25, 0.3) is 0 Å². The number of aromatic nitrogens is 3. The van der Waals surface area contributed by atoms with Crippen molar-refractivity contribution in [1.82, 2.24) is 15.0 Å². The first kappa shape index (κ1) is 70.0. The molecule has 0 saturated heterocycles. The predicted molar refractivity (Wildman–Crippen MR) is 335 cm³/mol. The Morgan fingerprint density at radius 2 is 0.531 bits per heavy atom. The first-order chi connectivity index (χ1) is 39.7. The van der Waals surface area contributed by atoms with Crippen LogP contribution >= 0.6 is 0 Å². The summed E-state index contributed by atoms with van der Waals surface area (Å²) < 4.78 is 18.7. The standard InChI is InChI=1S/C67H111N7O7/c1-6-11-16-21-26-31-36-41-46-79-55-49-58(66(77)73-62-53-56(80-47-42-37-32-27-22-17-12-7-2)51-60(69-62)71-64(75)44-39-34-29-24-19-14-9-4)68-59(50-55)67(78)74-63-54-57(81-48-43-38-33-28-23-18-13-8-3)52-61(70-63)72-65(76)45-40-35-30-25-20-15-10-5/h49-54H,6-48H2,1-5H3,(H2,69,71,73,75,77)(H2,70,72,74,76,78). The number of nitrogens with one attached hydrogen (secondary N) is 4. The molecular weight excluding hydrogens is 1010 g/mol. The molecule has 3 rings (SSSR count). The van der Waals surface area contributed by atoms with Crippen molar-refractivity contribution in [3.05, 3.63) is 47.8 Å². The Hall–Kier alpha value is -5.27. The van der Waals surface area contributed by atoms with E-state index in [9.17, 15) is 19.2 Å². The van der Waals surface area contributed by atoms with Crippen molar-refractivity contribution in [2.75, 3.05) is 41.1 Å². The van der Waals surface area contributed by atoms with E-state index in [4.69, 9.17) is 14.2 Å². The molecule has 4 N–H and O–H groups in total. The molecule has 0 radical (unpaired) electrons. The van der Waals surface area contributed by atoms with E-state index in [0.717, 1.165) is 96.3 Å². The van der Waals surface area contributed by atoms with Crippen LogP contribution in [0, 0.1) is 0 Å². The second kappa shape index (κ2) is 47.2. The molecule has 0 spiro atoms. The molecule has 0 aliphatic rings. The monoisotopic (exact) mass is 1130 g/mol. The molecule has 0 saturated carbocycles. The van der Waals surface area contributed by atoms with Gasteiger partial charge in [0.1, 0.15) is 51.9 Å². The summed E-state index contributed by atoms with van der Waals surface area (Å²) in [7, 11) is 0. The Morgan fingerprint density at radius 3 is 0.815 bits per heavy atom. The summed E-state index contributed by atoms with van der Waals surface area (Å²) in [5.74, 6) is 0.541. The number of hydrogen-bond acceptors (Lipinski definition) is 10. The maximum absolute atomic E-state index is 14.3. The minimum Gasteiger partial charge on any atom is -0.493 e. The quantitative estimate of drug-likeness (QED) is 0.0397. The smallest absolute Gasteiger partial charge is 0.275 e. The second-order valence-electron chi connectivity index (χ2n) is 22.4. The number of amides is 4. The number of nitrogens with zero attached hydrogens (tertiary/aromatic N) is 3. The summed E-state index contributed by atoms with van der Waals surface area (Å²) in [5.41, 5.74) is -0.141. The normalized spacial score (nSPS) is 11.1. The Balaban J connectivity index is 1.87. The van der Waals surface area contributed by atoms with Gasteiger partial charge in [0, 0.05) is 49.2 Å². The van der Waals surface area contributed by atoms with Crippen molar-refractivity contribution < 1.29 is 33.4 Å². The maximum atomic E-state index is 14.3. The van der Waals surface area contributed by atoms with Crippen LogP contribution in [0.15, 0.2) is 36.4 Å². The molecule has 456 valence electrons. The molecule has 14 heteroatoms. The molecule has 0 bridgehead atoms. The van der Waals surface area contributed by atoms with Crippen molar-refractivity contribution >= 4 is 46.9 Å². The van der Waals surface area contributed by atoms with E-state index in [1.165, 1.54) is 160 Å². The van der Waals surface area contributed by atoms with Gasteiger partial charge in [-0.25, -0.2) is 15.0 Å². The number of hydrogen-bond donors (Lipinski definition) is 4. The van der Waals surface area contributed by atoms with E-state index >= 15 is 0 Å². The summed E-state index contributed by atoms with van der Waals surface area (Å²) in [6, 6.07) is 9.74. The number of ether oxygens (including phenoxy) is 3. The Labute approximate surface area is 490 Å². The van der Waals surface area contributed by atoms with Gasteiger partial charge in [-0.1, -0.05) is 247 Å². The lowest BCUT2D eigenvalue weighted by atomic mass is 10.1. The molecule has 81 heavy (non-hydrogen) atoms. The van der Waals surface area contributed by atoms with Crippen molar-refractivity contribution in [3.63, 3.8) is 0 Å². The fraction of sp³-hybridized carbons (Fsp3) is 0.716. The predicted octanol–water partition coefficient (Wildman–Crippen LogP) is 19.1. The van der Waals surface area contributed by atoms with E-state index < -0.39 is 11.8 Å². The first-order valence-electron chi connectivity index (χ1n) is 32.8. The van der Waals surface area contributed by atoms with Gasteiger partial charge >= 0.3 is 0 Å². The molecule has 0 fully saturated rings. The Morgan fingerprint density at radius 1 is 0.296 bits per heavy atom. The molecule has 3 aromatic rings. The van der Waals surface area contributed by atoms with Gasteiger partial charge in [-0.05, 0) is 32.1 Å². The van der Waals surface area contributed by atoms with Crippen molar-refractivity contribution in [3.8, 4) is 17.2 Å². The van der Waals surface area contributed by atoms with E-state index in [0.29, 0.717) is 49.9 Å².